The Kier molecular flexibility index (Phi) is 5.71. The molecular weight excluding hydrogens is 276 g/mol. The Hall–Kier alpha value is -1.40. The predicted octanol–water partition coefficient (Wildman–Crippen LogP) is 1.48. The molecule has 1 amide bonds. The molecule has 0 bridgehead atoms. The Bertz CT molecular complexity index is 550. The highest BCUT2D eigenvalue weighted by molar-refractivity contribution is 7.89. The SMILES string of the molecule is CCCN(CC(=O)N(C)C)S(=O)(=O)c1ccc(C)cc1. The van der Waals surface area contributed by atoms with Crippen LogP contribution in [0.3, 0.4) is 0 Å². The van der Waals surface area contributed by atoms with Crippen LogP contribution in [0.1, 0.15) is 18.9 Å². The van der Waals surface area contributed by atoms with E-state index in [0.29, 0.717) is 13.0 Å². The number of benzene rings is 1. The van der Waals surface area contributed by atoms with E-state index < -0.39 is 10.0 Å². The Morgan fingerprint density at radius 1 is 1.15 bits per heavy atom. The standard InChI is InChI=1S/C14H22N2O3S/c1-5-10-16(11-14(17)15(3)4)20(18,19)13-8-6-12(2)7-9-13/h6-9H,5,10-11H2,1-4H3. The van der Waals surface area contributed by atoms with Gasteiger partial charge in [0.05, 0.1) is 11.4 Å². The van der Waals surface area contributed by atoms with E-state index in [-0.39, 0.29) is 17.3 Å². The maximum atomic E-state index is 12.5. The Morgan fingerprint density at radius 2 is 1.70 bits per heavy atom. The van der Waals surface area contributed by atoms with E-state index in [4.69, 9.17) is 0 Å². The lowest BCUT2D eigenvalue weighted by atomic mass is 10.2. The van der Waals surface area contributed by atoms with Crippen molar-refractivity contribution in [2.75, 3.05) is 27.2 Å². The van der Waals surface area contributed by atoms with Crippen LogP contribution in [0.25, 0.3) is 0 Å². The first-order chi connectivity index (χ1) is 9.28. The quantitative estimate of drug-likeness (QED) is 0.799. The Morgan fingerprint density at radius 3 is 2.15 bits per heavy atom. The smallest absolute Gasteiger partial charge is 0.243 e. The maximum absolute atomic E-state index is 12.5. The number of sulfonamides is 1. The molecule has 0 saturated carbocycles. The fourth-order valence-electron chi connectivity index (χ4n) is 1.69. The van der Waals surface area contributed by atoms with Gasteiger partial charge < -0.3 is 4.90 Å². The molecule has 1 aromatic rings. The average molecular weight is 298 g/mol. The molecule has 0 fully saturated rings. The molecule has 0 unspecified atom stereocenters. The largest absolute Gasteiger partial charge is 0.348 e. The van der Waals surface area contributed by atoms with Gasteiger partial charge in [0, 0.05) is 20.6 Å². The molecule has 5 nitrogen and oxygen atoms in total. The zero-order valence-electron chi connectivity index (χ0n) is 12.5. The van der Waals surface area contributed by atoms with Crippen molar-refractivity contribution in [3.8, 4) is 0 Å². The summed E-state index contributed by atoms with van der Waals surface area (Å²) in [4.78, 5) is 13.4. The molecule has 1 aromatic carbocycles. The van der Waals surface area contributed by atoms with Gasteiger partial charge in [0.15, 0.2) is 0 Å². The topological polar surface area (TPSA) is 57.7 Å². The van der Waals surface area contributed by atoms with Crippen LogP contribution in [-0.2, 0) is 14.8 Å². The third-order valence-corrected chi connectivity index (χ3v) is 4.80. The molecule has 0 atom stereocenters. The molecule has 0 aliphatic carbocycles. The first kappa shape index (κ1) is 16.7. The van der Waals surface area contributed by atoms with Crippen molar-refractivity contribution in [2.45, 2.75) is 25.2 Å². The lowest BCUT2D eigenvalue weighted by Gasteiger charge is -2.22. The second kappa shape index (κ2) is 6.85. The Labute approximate surface area is 121 Å². The van der Waals surface area contributed by atoms with Crippen LogP contribution in [0.5, 0.6) is 0 Å². The summed E-state index contributed by atoms with van der Waals surface area (Å²) in [6.45, 7) is 3.99. The van der Waals surface area contributed by atoms with E-state index in [0.717, 1.165) is 5.56 Å². The molecule has 20 heavy (non-hydrogen) atoms. The minimum Gasteiger partial charge on any atom is -0.348 e. The van der Waals surface area contributed by atoms with Gasteiger partial charge in [-0.2, -0.15) is 4.31 Å². The third-order valence-electron chi connectivity index (χ3n) is 2.94. The van der Waals surface area contributed by atoms with Gasteiger partial charge >= 0.3 is 0 Å². The minimum atomic E-state index is -3.62. The van der Waals surface area contributed by atoms with E-state index in [1.807, 2.05) is 13.8 Å². The molecule has 6 heteroatoms. The summed E-state index contributed by atoms with van der Waals surface area (Å²) in [5, 5.41) is 0. The van der Waals surface area contributed by atoms with Gasteiger partial charge in [-0.15, -0.1) is 0 Å². The fraction of sp³-hybridized carbons (Fsp3) is 0.500. The molecule has 0 aliphatic rings. The first-order valence-electron chi connectivity index (χ1n) is 6.56. The summed E-state index contributed by atoms with van der Waals surface area (Å²) >= 11 is 0. The highest BCUT2D eigenvalue weighted by Crippen LogP contribution is 2.16. The van der Waals surface area contributed by atoms with Gasteiger partial charge in [0.25, 0.3) is 0 Å². The second-order valence-corrected chi connectivity index (χ2v) is 6.88. The number of hydrogen-bond donors (Lipinski definition) is 0. The number of aryl methyl sites for hydroxylation is 1. The lowest BCUT2D eigenvalue weighted by Crippen LogP contribution is -2.40. The zero-order chi connectivity index (χ0) is 15.3. The molecule has 0 heterocycles. The van der Waals surface area contributed by atoms with Crippen molar-refractivity contribution in [3.63, 3.8) is 0 Å². The molecule has 1 rings (SSSR count). The van der Waals surface area contributed by atoms with Crippen LogP contribution in [0, 0.1) is 6.92 Å². The van der Waals surface area contributed by atoms with Gasteiger partial charge in [-0.05, 0) is 25.5 Å². The monoisotopic (exact) mass is 298 g/mol. The number of nitrogens with zero attached hydrogens (tertiary/aromatic N) is 2. The number of hydrogen-bond acceptors (Lipinski definition) is 3. The van der Waals surface area contributed by atoms with Crippen molar-refractivity contribution in [1.82, 2.24) is 9.21 Å². The van der Waals surface area contributed by atoms with Crippen LogP contribution >= 0.6 is 0 Å². The van der Waals surface area contributed by atoms with Crippen LogP contribution in [0.4, 0.5) is 0 Å². The van der Waals surface area contributed by atoms with Crippen LogP contribution in [0.2, 0.25) is 0 Å². The molecule has 0 aliphatic heterocycles. The average Bonchev–Trinajstić information content (AvgIpc) is 2.38. The van der Waals surface area contributed by atoms with Gasteiger partial charge in [-0.3, -0.25) is 4.79 Å². The Balaban J connectivity index is 3.05. The van der Waals surface area contributed by atoms with Crippen molar-refractivity contribution in [1.29, 1.82) is 0 Å². The van der Waals surface area contributed by atoms with E-state index in [2.05, 4.69) is 0 Å². The van der Waals surface area contributed by atoms with E-state index in [1.165, 1.54) is 9.21 Å². The molecule has 0 spiro atoms. The molecule has 112 valence electrons. The molecular formula is C14H22N2O3S. The minimum absolute atomic E-state index is 0.128. The summed E-state index contributed by atoms with van der Waals surface area (Å²) in [7, 11) is -0.391. The molecule has 0 saturated heterocycles. The van der Waals surface area contributed by atoms with Crippen LogP contribution in [0.15, 0.2) is 29.2 Å². The molecule has 0 radical (unpaired) electrons. The van der Waals surface area contributed by atoms with Gasteiger partial charge in [0.1, 0.15) is 0 Å². The maximum Gasteiger partial charge on any atom is 0.243 e. The summed E-state index contributed by atoms with van der Waals surface area (Å²) in [5.74, 6) is -0.228. The fourth-order valence-corrected chi connectivity index (χ4v) is 3.17. The van der Waals surface area contributed by atoms with E-state index >= 15 is 0 Å². The van der Waals surface area contributed by atoms with E-state index in [9.17, 15) is 13.2 Å². The normalized spacial score (nSPS) is 11.7. The molecule has 0 N–H and O–H groups in total. The summed E-state index contributed by atoms with van der Waals surface area (Å²) in [5.41, 5.74) is 0.996. The predicted molar refractivity (Wildman–Crippen MR) is 78.9 cm³/mol. The van der Waals surface area contributed by atoms with Gasteiger partial charge in [-0.1, -0.05) is 24.6 Å². The number of carbonyl (C=O) groups excluding carboxylic acids is 1. The summed E-state index contributed by atoms with van der Waals surface area (Å²) in [6, 6.07) is 6.66. The van der Waals surface area contributed by atoms with Crippen LogP contribution < -0.4 is 0 Å². The van der Waals surface area contributed by atoms with Crippen LogP contribution in [-0.4, -0.2) is 50.7 Å². The summed E-state index contributed by atoms with van der Waals surface area (Å²) in [6.07, 6.45) is 0.659. The van der Waals surface area contributed by atoms with Crippen molar-refractivity contribution >= 4 is 15.9 Å². The number of likely N-dealkylation sites (N-methyl/N-ethyl adjacent to an activating group) is 1. The molecule has 0 aromatic heterocycles. The third kappa shape index (κ3) is 4.05. The highest BCUT2D eigenvalue weighted by Gasteiger charge is 2.26. The van der Waals surface area contributed by atoms with Gasteiger partial charge in [-0.25, -0.2) is 8.42 Å². The van der Waals surface area contributed by atoms with Crippen molar-refractivity contribution in [2.24, 2.45) is 0 Å². The zero-order valence-corrected chi connectivity index (χ0v) is 13.3. The number of amides is 1. The van der Waals surface area contributed by atoms with Crippen molar-refractivity contribution < 1.29 is 13.2 Å². The van der Waals surface area contributed by atoms with E-state index in [1.54, 1.807) is 38.4 Å². The number of rotatable bonds is 6. The highest BCUT2D eigenvalue weighted by atomic mass is 32.2. The lowest BCUT2D eigenvalue weighted by molar-refractivity contribution is -0.128. The summed E-state index contributed by atoms with van der Waals surface area (Å²) < 4.78 is 26.3. The van der Waals surface area contributed by atoms with Gasteiger partial charge in [0.2, 0.25) is 15.9 Å². The number of carbonyl (C=O) groups is 1. The first-order valence-corrected chi connectivity index (χ1v) is 8.00. The second-order valence-electron chi connectivity index (χ2n) is 4.94. The van der Waals surface area contributed by atoms with Crippen molar-refractivity contribution in [3.05, 3.63) is 29.8 Å².